The lowest BCUT2D eigenvalue weighted by Crippen LogP contribution is -2.30. The SMILES string of the molecule is Cl.Cl.NC[C@H]1CC[C@@H](C(=O)Nc2cccc(C(=O)NCc3ccccn3)c2)O1. The third-order valence-corrected chi connectivity index (χ3v) is 4.21. The molecule has 28 heavy (non-hydrogen) atoms. The maximum Gasteiger partial charge on any atom is 0.253 e. The third kappa shape index (κ3) is 6.45. The molecule has 9 heteroatoms. The Morgan fingerprint density at radius 2 is 1.96 bits per heavy atom. The van der Waals surface area contributed by atoms with Crippen molar-refractivity contribution in [2.24, 2.45) is 5.73 Å². The topological polar surface area (TPSA) is 106 Å². The van der Waals surface area contributed by atoms with Crippen LogP contribution in [-0.4, -0.2) is 35.6 Å². The van der Waals surface area contributed by atoms with Crippen LogP contribution in [0.2, 0.25) is 0 Å². The Kier molecular flexibility index (Phi) is 9.89. The third-order valence-electron chi connectivity index (χ3n) is 4.21. The van der Waals surface area contributed by atoms with Gasteiger partial charge < -0.3 is 21.1 Å². The second-order valence-electron chi connectivity index (χ2n) is 6.13. The molecule has 0 unspecified atom stereocenters. The largest absolute Gasteiger partial charge is 0.364 e. The predicted octanol–water partition coefficient (Wildman–Crippen LogP) is 2.30. The van der Waals surface area contributed by atoms with Gasteiger partial charge in [-0.25, -0.2) is 0 Å². The van der Waals surface area contributed by atoms with Crippen molar-refractivity contribution in [3.05, 3.63) is 59.9 Å². The Morgan fingerprint density at radius 1 is 1.14 bits per heavy atom. The number of amides is 2. The van der Waals surface area contributed by atoms with Gasteiger partial charge in [0, 0.05) is 24.0 Å². The molecular weight excluding hydrogens is 403 g/mol. The van der Waals surface area contributed by atoms with Gasteiger partial charge in [0.15, 0.2) is 0 Å². The van der Waals surface area contributed by atoms with Gasteiger partial charge in [-0.2, -0.15) is 0 Å². The Labute approximate surface area is 176 Å². The number of anilines is 1. The minimum atomic E-state index is -0.495. The van der Waals surface area contributed by atoms with Crippen LogP contribution in [0.15, 0.2) is 48.7 Å². The lowest BCUT2D eigenvalue weighted by molar-refractivity contribution is -0.126. The van der Waals surface area contributed by atoms with E-state index >= 15 is 0 Å². The molecule has 152 valence electrons. The highest BCUT2D eigenvalue weighted by Gasteiger charge is 2.29. The second-order valence-corrected chi connectivity index (χ2v) is 6.13. The van der Waals surface area contributed by atoms with Crippen molar-refractivity contribution in [1.29, 1.82) is 0 Å². The van der Waals surface area contributed by atoms with Crippen LogP contribution in [0.3, 0.4) is 0 Å². The zero-order chi connectivity index (χ0) is 18.4. The summed E-state index contributed by atoms with van der Waals surface area (Å²) in [6, 6.07) is 12.3. The van der Waals surface area contributed by atoms with Crippen LogP contribution in [0.1, 0.15) is 28.9 Å². The van der Waals surface area contributed by atoms with Gasteiger partial charge in [-0.1, -0.05) is 12.1 Å². The summed E-state index contributed by atoms with van der Waals surface area (Å²) in [6.45, 7) is 0.752. The van der Waals surface area contributed by atoms with E-state index in [9.17, 15) is 9.59 Å². The van der Waals surface area contributed by atoms with E-state index in [0.29, 0.717) is 30.8 Å². The number of pyridine rings is 1. The zero-order valence-corrected chi connectivity index (χ0v) is 16.8. The van der Waals surface area contributed by atoms with E-state index in [-0.39, 0.29) is 42.7 Å². The molecular formula is C19H24Cl2N4O3. The molecule has 3 rings (SSSR count). The first-order valence-electron chi connectivity index (χ1n) is 8.60. The number of benzene rings is 1. The van der Waals surface area contributed by atoms with Gasteiger partial charge in [-0.15, -0.1) is 24.8 Å². The number of rotatable bonds is 6. The fraction of sp³-hybridized carbons (Fsp3) is 0.316. The minimum Gasteiger partial charge on any atom is -0.364 e. The van der Waals surface area contributed by atoms with E-state index in [1.54, 1.807) is 30.5 Å². The summed E-state index contributed by atoms with van der Waals surface area (Å²) in [6.07, 6.45) is 2.56. The van der Waals surface area contributed by atoms with Crippen molar-refractivity contribution in [1.82, 2.24) is 10.3 Å². The summed E-state index contributed by atoms with van der Waals surface area (Å²) in [5.74, 6) is -0.445. The van der Waals surface area contributed by atoms with Crippen LogP contribution in [0.5, 0.6) is 0 Å². The average molecular weight is 427 g/mol. The van der Waals surface area contributed by atoms with E-state index in [1.807, 2.05) is 18.2 Å². The molecule has 0 spiro atoms. The van der Waals surface area contributed by atoms with Gasteiger partial charge in [-0.05, 0) is 43.2 Å². The van der Waals surface area contributed by atoms with Gasteiger partial charge in [-0.3, -0.25) is 14.6 Å². The van der Waals surface area contributed by atoms with Crippen molar-refractivity contribution < 1.29 is 14.3 Å². The highest BCUT2D eigenvalue weighted by atomic mass is 35.5. The molecule has 0 aliphatic carbocycles. The highest BCUT2D eigenvalue weighted by molar-refractivity contribution is 5.98. The number of nitrogens with one attached hydrogen (secondary N) is 2. The van der Waals surface area contributed by atoms with Crippen LogP contribution in [0, 0.1) is 0 Å². The Bertz CT molecular complexity index is 777. The van der Waals surface area contributed by atoms with Gasteiger partial charge in [0.05, 0.1) is 18.3 Å². The van der Waals surface area contributed by atoms with Gasteiger partial charge >= 0.3 is 0 Å². The first-order valence-corrected chi connectivity index (χ1v) is 8.60. The van der Waals surface area contributed by atoms with E-state index in [0.717, 1.165) is 12.1 Å². The Morgan fingerprint density at radius 3 is 2.64 bits per heavy atom. The number of halogens is 2. The van der Waals surface area contributed by atoms with Crippen molar-refractivity contribution in [2.75, 3.05) is 11.9 Å². The fourth-order valence-corrected chi connectivity index (χ4v) is 2.81. The molecule has 7 nitrogen and oxygen atoms in total. The second kappa shape index (κ2) is 11.6. The van der Waals surface area contributed by atoms with Crippen molar-refractivity contribution in [3.8, 4) is 0 Å². The van der Waals surface area contributed by atoms with Crippen molar-refractivity contribution in [3.63, 3.8) is 0 Å². The van der Waals surface area contributed by atoms with Crippen LogP contribution < -0.4 is 16.4 Å². The molecule has 2 atom stereocenters. The molecule has 2 heterocycles. The summed E-state index contributed by atoms with van der Waals surface area (Å²) in [5.41, 5.74) is 7.36. The molecule has 4 N–H and O–H groups in total. The van der Waals surface area contributed by atoms with Gasteiger partial charge in [0.25, 0.3) is 11.8 Å². The molecule has 2 amide bonds. The number of aromatic nitrogens is 1. The lowest BCUT2D eigenvalue weighted by atomic mass is 10.1. The van der Waals surface area contributed by atoms with Crippen molar-refractivity contribution >= 4 is 42.3 Å². The first kappa shape index (κ1) is 23.8. The van der Waals surface area contributed by atoms with Crippen LogP contribution >= 0.6 is 24.8 Å². The minimum absolute atomic E-state index is 0. The smallest absolute Gasteiger partial charge is 0.253 e. The summed E-state index contributed by atoms with van der Waals surface area (Å²) in [5, 5.41) is 5.61. The van der Waals surface area contributed by atoms with E-state index in [2.05, 4.69) is 15.6 Å². The van der Waals surface area contributed by atoms with Crippen LogP contribution in [0.4, 0.5) is 5.69 Å². The molecule has 1 fully saturated rings. The summed E-state index contributed by atoms with van der Waals surface area (Å²) in [7, 11) is 0. The van der Waals surface area contributed by atoms with E-state index in [1.165, 1.54) is 0 Å². The Hall–Kier alpha value is -2.19. The molecule has 0 saturated carbocycles. The van der Waals surface area contributed by atoms with Crippen molar-refractivity contribution in [2.45, 2.75) is 31.6 Å². The number of hydrogen-bond donors (Lipinski definition) is 3. The molecule has 0 bridgehead atoms. The first-order chi connectivity index (χ1) is 12.7. The predicted molar refractivity (Wildman–Crippen MR) is 112 cm³/mol. The summed E-state index contributed by atoms with van der Waals surface area (Å²) in [4.78, 5) is 28.8. The molecule has 1 saturated heterocycles. The number of nitrogens with two attached hydrogens (primary N) is 1. The standard InChI is InChI=1S/C19H22N4O3.2ClH/c20-11-16-7-8-17(26-16)19(25)23-14-6-3-4-13(10-14)18(24)22-12-15-5-1-2-9-21-15;;/h1-6,9-10,16-17H,7-8,11-12,20H2,(H,22,24)(H,23,25);2*1H/t16-,17+;;/m1../s1. The Balaban J connectivity index is 0.00000196. The maximum atomic E-state index is 12.3. The lowest BCUT2D eigenvalue weighted by Gasteiger charge is -2.13. The van der Waals surface area contributed by atoms with Crippen LogP contribution in [-0.2, 0) is 16.1 Å². The maximum absolute atomic E-state index is 12.3. The fourth-order valence-electron chi connectivity index (χ4n) is 2.81. The number of ether oxygens (including phenoxy) is 1. The summed E-state index contributed by atoms with van der Waals surface area (Å²) >= 11 is 0. The quantitative estimate of drug-likeness (QED) is 0.656. The number of carbonyl (C=O) groups excluding carboxylic acids is 2. The molecule has 2 aromatic rings. The van der Waals surface area contributed by atoms with Crippen LogP contribution in [0.25, 0.3) is 0 Å². The molecule has 1 aliphatic rings. The average Bonchev–Trinajstić information content (AvgIpc) is 3.16. The molecule has 1 aliphatic heterocycles. The number of carbonyl (C=O) groups is 2. The van der Waals surface area contributed by atoms with E-state index in [4.69, 9.17) is 10.5 Å². The van der Waals surface area contributed by atoms with E-state index < -0.39 is 6.10 Å². The monoisotopic (exact) mass is 426 g/mol. The normalized spacial score (nSPS) is 17.8. The zero-order valence-electron chi connectivity index (χ0n) is 15.2. The number of nitrogens with zero attached hydrogens (tertiary/aromatic N) is 1. The highest BCUT2D eigenvalue weighted by Crippen LogP contribution is 2.21. The summed E-state index contributed by atoms with van der Waals surface area (Å²) < 4.78 is 5.59. The number of hydrogen-bond acceptors (Lipinski definition) is 5. The van der Waals surface area contributed by atoms with Gasteiger partial charge in [0.2, 0.25) is 0 Å². The molecule has 0 radical (unpaired) electrons. The molecule has 1 aromatic carbocycles. The molecule has 1 aromatic heterocycles. The van der Waals surface area contributed by atoms with Gasteiger partial charge in [0.1, 0.15) is 6.10 Å².